The third kappa shape index (κ3) is 5.67. The summed E-state index contributed by atoms with van der Waals surface area (Å²) in [5.74, 6) is 2.85. The fraction of sp³-hybridized carbons (Fsp3) is 0.346. The highest BCUT2D eigenvalue weighted by Crippen LogP contribution is 2.45. The summed E-state index contributed by atoms with van der Waals surface area (Å²) in [7, 11) is -2.11. The number of halogens is 1. The monoisotopic (exact) mass is 554 g/mol. The molecule has 0 amide bonds. The molecule has 1 aliphatic heterocycles. The Hall–Kier alpha value is -2.91. The van der Waals surface area contributed by atoms with Crippen molar-refractivity contribution in [3.05, 3.63) is 52.8 Å². The van der Waals surface area contributed by atoms with E-state index < -0.39 is 8.32 Å². The van der Waals surface area contributed by atoms with Crippen molar-refractivity contribution in [1.82, 2.24) is 9.97 Å². The molecule has 1 aliphatic rings. The lowest BCUT2D eigenvalue weighted by molar-refractivity contribution is 0.234. The minimum absolute atomic E-state index is 0.0233. The van der Waals surface area contributed by atoms with Crippen molar-refractivity contribution in [2.45, 2.75) is 58.9 Å². The fourth-order valence-corrected chi connectivity index (χ4v) is 4.60. The van der Waals surface area contributed by atoms with Gasteiger partial charge in [0.1, 0.15) is 17.8 Å². The number of rotatable bonds is 6. The number of hydrogen-bond donors (Lipinski definition) is 1. The van der Waals surface area contributed by atoms with Crippen molar-refractivity contribution in [2.24, 2.45) is 4.99 Å². The maximum Gasteiger partial charge on any atom is 0.250 e. The quantitative estimate of drug-likeness (QED) is 0.243. The van der Waals surface area contributed by atoms with Gasteiger partial charge in [-0.3, -0.25) is 0 Å². The molecule has 184 valence electrons. The first kappa shape index (κ1) is 25.2. The van der Waals surface area contributed by atoms with E-state index in [0.717, 1.165) is 15.7 Å². The van der Waals surface area contributed by atoms with Gasteiger partial charge in [-0.1, -0.05) is 42.8 Å². The molecule has 0 atom stereocenters. The van der Waals surface area contributed by atoms with Crippen LogP contribution in [0.2, 0.25) is 18.1 Å². The SMILES string of the molecule is CC(C)Oc1cc2c(cc1O[Si](C)(C)C(C)(C)C)C=Nc1c(Nc3cccc(Br)c3)ncnc1O2. The predicted octanol–water partition coefficient (Wildman–Crippen LogP) is 8.01. The summed E-state index contributed by atoms with van der Waals surface area (Å²) < 4.78 is 20.0. The summed E-state index contributed by atoms with van der Waals surface area (Å²) in [4.78, 5) is 13.4. The molecule has 0 saturated carbocycles. The fourth-order valence-electron chi connectivity index (χ4n) is 3.19. The van der Waals surface area contributed by atoms with Gasteiger partial charge in [-0.05, 0) is 56.2 Å². The van der Waals surface area contributed by atoms with Crippen LogP contribution in [0.1, 0.15) is 40.2 Å². The second kappa shape index (κ2) is 9.62. The van der Waals surface area contributed by atoms with Crippen LogP contribution in [0.4, 0.5) is 17.2 Å². The van der Waals surface area contributed by atoms with E-state index in [1.807, 2.05) is 50.2 Å². The molecule has 0 spiro atoms. The van der Waals surface area contributed by atoms with Gasteiger partial charge in [0.25, 0.3) is 14.2 Å². The summed E-state index contributed by atoms with van der Waals surface area (Å²) in [6, 6.07) is 11.6. The van der Waals surface area contributed by atoms with Gasteiger partial charge in [-0.2, -0.15) is 4.98 Å². The van der Waals surface area contributed by atoms with Crippen molar-refractivity contribution < 1.29 is 13.9 Å². The molecule has 9 heteroatoms. The highest BCUT2D eigenvalue weighted by molar-refractivity contribution is 9.10. The third-order valence-electron chi connectivity index (χ3n) is 6.03. The molecule has 0 saturated heterocycles. The maximum absolute atomic E-state index is 6.65. The van der Waals surface area contributed by atoms with Gasteiger partial charge in [-0.15, -0.1) is 0 Å². The summed E-state index contributed by atoms with van der Waals surface area (Å²) in [6.45, 7) is 15.1. The van der Waals surface area contributed by atoms with E-state index in [1.165, 1.54) is 6.33 Å². The zero-order valence-corrected chi connectivity index (χ0v) is 23.7. The van der Waals surface area contributed by atoms with Crippen molar-refractivity contribution in [1.29, 1.82) is 0 Å². The summed E-state index contributed by atoms with van der Waals surface area (Å²) in [5, 5.41) is 3.35. The van der Waals surface area contributed by atoms with Gasteiger partial charge >= 0.3 is 0 Å². The Bertz CT molecular complexity index is 1270. The van der Waals surface area contributed by atoms with Crippen LogP contribution >= 0.6 is 15.9 Å². The van der Waals surface area contributed by atoms with Crippen LogP contribution in [0.3, 0.4) is 0 Å². The predicted molar refractivity (Wildman–Crippen MR) is 147 cm³/mol. The van der Waals surface area contributed by atoms with E-state index >= 15 is 0 Å². The average molecular weight is 556 g/mol. The zero-order valence-electron chi connectivity index (χ0n) is 21.1. The third-order valence-corrected chi connectivity index (χ3v) is 10.9. The Labute approximate surface area is 216 Å². The van der Waals surface area contributed by atoms with Crippen LogP contribution < -0.4 is 19.2 Å². The second-order valence-electron chi connectivity index (χ2n) is 10.2. The Kier molecular flexibility index (Phi) is 6.92. The first-order valence-corrected chi connectivity index (χ1v) is 15.3. The standard InChI is InChI=1S/C26H31BrN4O3Si/c1-16(2)32-21-13-20-17(11-22(21)34-35(6,7)26(3,4)5)14-28-23-24(29-15-30-25(23)33-20)31-19-10-8-9-18(27)12-19/h8-16H,1-7H3,(H,29,30,31). The number of nitrogens with zero attached hydrogens (tertiary/aromatic N) is 3. The minimum Gasteiger partial charge on any atom is -0.541 e. The lowest BCUT2D eigenvalue weighted by atomic mass is 10.2. The molecule has 4 rings (SSSR count). The van der Waals surface area contributed by atoms with Gasteiger partial charge in [-0.25, -0.2) is 9.98 Å². The lowest BCUT2D eigenvalue weighted by Gasteiger charge is -2.37. The smallest absolute Gasteiger partial charge is 0.250 e. The topological polar surface area (TPSA) is 77.9 Å². The molecule has 0 aliphatic carbocycles. The van der Waals surface area contributed by atoms with Gasteiger partial charge in [0, 0.05) is 28.0 Å². The first-order chi connectivity index (χ1) is 16.4. The number of ether oxygens (including phenoxy) is 2. The number of anilines is 2. The van der Waals surface area contributed by atoms with Gasteiger partial charge in [0.2, 0.25) is 0 Å². The number of nitrogens with one attached hydrogen (secondary N) is 1. The molecule has 2 aromatic carbocycles. The van der Waals surface area contributed by atoms with E-state index in [-0.39, 0.29) is 11.1 Å². The molecule has 0 fully saturated rings. The van der Waals surface area contributed by atoms with Crippen LogP contribution in [0.15, 0.2) is 52.2 Å². The van der Waals surface area contributed by atoms with Crippen LogP contribution in [0.5, 0.6) is 23.1 Å². The normalized spacial score (nSPS) is 12.9. The molecule has 35 heavy (non-hydrogen) atoms. The number of hydrogen-bond acceptors (Lipinski definition) is 7. The number of fused-ring (bicyclic) bond motifs is 2. The molecular weight excluding hydrogens is 524 g/mol. The number of benzene rings is 2. The maximum atomic E-state index is 6.65. The Morgan fingerprint density at radius 2 is 1.83 bits per heavy atom. The minimum atomic E-state index is -2.11. The first-order valence-electron chi connectivity index (χ1n) is 11.6. The summed E-state index contributed by atoms with van der Waals surface area (Å²) in [6.07, 6.45) is 3.19. The largest absolute Gasteiger partial charge is 0.541 e. The van der Waals surface area contributed by atoms with E-state index in [0.29, 0.717) is 34.6 Å². The Balaban J connectivity index is 1.74. The lowest BCUT2D eigenvalue weighted by Crippen LogP contribution is -2.44. The number of aromatic nitrogens is 2. The molecule has 7 nitrogen and oxygen atoms in total. The molecule has 0 unspecified atom stereocenters. The van der Waals surface area contributed by atoms with Crippen molar-refractivity contribution >= 4 is 47.7 Å². The second-order valence-corrected chi connectivity index (χ2v) is 15.9. The summed E-state index contributed by atoms with van der Waals surface area (Å²) in [5.41, 5.74) is 2.16. The molecule has 2 heterocycles. The van der Waals surface area contributed by atoms with Crippen LogP contribution in [-0.2, 0) is 0 Å². The van der Waals surface area contributed by atoms with E-state index in [4.69, 9.17) is 13.9 Å². The Morgan fingerprint density at radius 1 is 1.06 bits per heavy atom. The van der Waals surface area contributed by atoms with E-state index in [1.54, 1.807) is 6.21 Å². The van der Waals surface area contributed by atoms with E-state index in [2.05, 4.69) is 70.1 Å². The van der Waals surface area contributed by atoms with Crippen LogP contribution in [0.25, 0.3) is 0 Å². The molecule has 3 aromatic rings. The highest BCUT2D eigenvalue weighted by Gasteiger charge is 2.40. The van der Waals surface area contributed by atoms with Gasteiger partial charge in [0.05, 0.1) is 6.10 Å². The molecule has 0 radical (unpaired) electrons. The molecule has 0 bridgehead atoms. The van der Waals surface area contributed by atoms with E-state index in [9.17, 15) is 0 Å². The summed E-state index contributed by atoms with van der Waals surface area (Å²) >= 11 is 3.50. The van der Waals surface area contributed by atoms with Crippen molar-refractivity contribution in [3.63, 3.8) is 0 Å². The van der Waals surface area contributed by atoms with Gasteiger partial charge < -0.3 is 19.2 Å². The number of aliphatic imine (C=N–C) groups is 1. The molecular formula is C26H31BrN4O3Si. The van der Waals surface area contributed by atoms with Gasteiger partial charge in [0.15, 0.2) is 17.3 Å². The van der Waals surface area contributed by atoms with Crippen LogP contribution in [-0.4, -0.2) is 30.6 Å². The molecule has 1 aromatic heterocycles. The highest BCUT2D eigenvalue weighted by atomic mass is 79.9. The zero-order chi connectivity index (χ0) is 25.4. The van der Waals surface area contributed by atoms with Crippen LogP contribution in [0, 0.1) is 0 Å². The average Bonchev–Trinajstić information content (AvgIpc) is 2.92. The molecule has 1 N–H and O–H groups in total. The van der Waals surface area contributed by atoms with Crippen molar-refractivity contribution in [3.8, 4) is 23.1 Å². The van der Waals surface area contributed by atoms with Crippen molar-refractivity contribution in [2.75, 3.05) is 5.32 Å². The Morgan fingerprint density at radius 3 is 2.51 bits per heavy atom.